The summed E-state index contributed by atoms with van der Waals surface area (Å²) < 4.78 is 5.08. The molecule has 0 radical (unpaired) electrons. The number of benzene rings is 1. The van der Waals surface area contributed by atoms with Gasteiger partial charge in [-0.25, -0.2) is 0 Å². The molecular formula is C10H13NOS. The average molecular weight is 195 g/mol. The molecule has 0 bridgehead atoms. The number of methoxy groups -OCH3 is 1. The highest BCUT2D eigenvalue weighted by atomic mass is 32.1. The molecule has 0 saturated heterocycles. The summed E-state index contributed by atoms with van der Waals surface area (Å²) in [6.45, 7) is 0. The van der Waals surface area contributed by atoms with Crippen LogP contribution in [0.25, 0.3) is 6.08 Å². The van der Waals surface area contributed by atoms with Crippen LogP contribution in [0.3, 0.4) is 0 Å². The Morgan fingerprint density at radius 3 is 2.92 bits per heavy atom. The Morgan fingerprint density at radius 2 is 2.31 bits per heavy atom. The van der Waals surface area contributed by atoms with Crippen LogP contribution in [-0.4, -0.2) is 12.9 Å². The number of anilines is 1. The summed E-state index contributed by atoms with van der Waals surface area (Å²) in [7, 11) is 1.64. The first kappa shape index (κ1) is 9.99. The zero-order valence-electron chi connectivity index (χ0n) is 7.53. The smallest absolute Gasteiger partial charge is 0.119 e. The van der Waals surface area contributed by atoms with Crippen LogP contribution < -0.4 is 10.5 Å². The normalized spacial score (nSPS) is 10.6. The Hall–Kier alpha value is -1.09. The molecule has 0 aliphatic rings. The molecule has 0 aliphatic carbocycles. The van der Waals surface area contributed by atoms with Gasteiger partial charge in [0.05, 0.1) is 7.11 Å². The standard InChI is InChI=1S/C10H13NOS/c1-12-9-4-5-10(11)8(7-9)3-2-6-13/h2-5,7,13H,6,11H2,1H3. The summed E-state index contributed by atoms with van der Waals surface area (Å²) in [5, 5.41) is 0. The number of nitrogens with two attached hydrogens (primary N) is 1. The maximum absolute atomic E-state index is 5.75. The lowest BCUT2D eigenvalue weighted by molar-refractivity contribution is 0.415. The molecule has 0 amide bonds. The van der Waals surface area contributed by atoms with E-state index in [1.54, 1.807) is 7.11 Å². The molecule has 2 N–H and O–H groups in total. The number of nitrogen functional groups attached to an aromatic ring is 1. The molecule has 70 valence electrons. The van der Waals surface area contributed by atoms with Gasteiger partial charge in [-0.3, -0.25) is 0 Å². The van der Waals surface area contributed by atoms with Crippen molar-refractivity contribution in [2.24, 2.45) is 0 Å². The van der Waals surface area contributed by atoms with E-state index in [2.05, 4.69) is 12.6 Å². The highest BCUT2D eigenvalue weighted by Crippen LogP contribution is 2.20. The monoisotopic (exact) mass is 195 g/mol. The Morgan fingerprint density at radius 1 is 1.54 bits per heavy atom. The van der Waals surface area contributed by atoms with Crippen molar-refractivity contribution in [3.05, 3.63) is 29.8 Å². The van der Waals surface area contributed by atoms with Crippen LogP contribution in [0.2, 0.25) is 0 Å². The molecular weight excluding hydrogens is 182 g/mol. The highest BCUT2D eigenvalue weighted by Gasteiger charge is 1.96. The van der Waals surface area contributed by atoms with Gasteiger partial charge in [0.15, 0.2) is 0 Å². The first-order valence-corrected chi connectivity index (χ1v) is 4.62. The number of hydrogen-bond acceptors (Lipinski definition) is 3. The summed E-state index contributed by atoms with van der Waals surface area (Å²) in [6.07, 6.45) is 3.87. The van der Waals surface area contributed by atoms with Crippen LogP contribution in [-0.2, 0) is 0 Å². The summed E-state index contributed by atoms with van der Waals surface area (Å²) >= 11 is 4.08. The number of ether oxygens (including phenoxy) is 1. The number of rotatable bonds is 3. The minimum atomic E-state index is 0.705. The molecule has 0 atom stereocenters. The van der Waals surface area contributed by atoms with E-state index < -0.39 is 0 Å². The minimum Gasteiger partial charge on any atom is -0.497 e. The Kier molecular flexibility index (Phi) is 3.71. The fourth-order valence-corrected chi connectivity index (χ4v) is 1.11. The van der Waals surface area contributed by atoms with Crippen LogP contribution in [0, 0.1) is 0 Å². The molecule has 0 aliphatic heterocycles. The van der Waals surface area contributed by atoms with E-state index >= 15 is 0 Å². The van der Waals surface area contributed by atoms with Gasteiger partial charge in [0.2, 0.25) is 0 Å². The topological polar surface area (TPSA) is 35.2 Å². The molecule has 1 rings (SSSR count). The largest absolute Gasteiger partial charge is 0.497 e. The van der Waals surface area contributed by atoms with E-state index in [0.717, 1.165) is 17.0 Å². The Balaban J connectivity index is 2.97. The van der Waals surface area contributed by atoms with E-state index in [4.69, 9.17) is 10.5 Å². The van der Waals surface area contributed by atoms with E-state index in [1.807, 2.05) is 30.4 Å². The Bertz CT molecular complexity index is 310. The van der Waals surface area contributed by atoms with Gasteiger partial charge in [0, 0.05) is 17.0 Å². The molecule has 0 unspecified atom stereocenters. The van der Waals surface area contributed by atoms with Crippen LogP contribution in [0.5, 0.6) is 5.75 Å². The predicted octanol–water partition coefficient (Wildman–Crippen LogP) is 2.22. The maximum atomic E-state index is 5.75. The van der Waals surface area contributed by atoms with Gasteiger partial charge in [-0.15, -0.1) is 0 Å². The zero-order chi connectivity index (χ0) is 9.68. The molecule has 1 aromatic carbocycles. The molecule has 0 aromatic heterocycles. The van der Waals surface area contributed by atoms with E-state index in [0.29, 0.717) is 5.75 Å². The van der Waals surface area contributed by atoms with Crippen molar-refractivity contribution in [3.63, 3.8) is 0 Å². The van der Waals surface area contributed by atoms with Crippen molar-refractivity contribution in [2.45, 2.75) is 0 Å². The minimum absolute atomic E-state index is 0.705. The molecule has 1 aromatic rings. The molecule has 0 fully saturated rings. The van der Waals surface area contributed by atoms with E-state index in [-0.39, 0.29) is 0 Å². The fourth-order valence-electron chi connectivity index (χ4n) is 1.00. The molecule has 0 spiro atoms. The summed E-state index contributed by atoms with van der Waals surface area (Å²) in [5.74, 6) is 1.52. The van der Waals surface area contributed by atoms with Crippen LogP contribution in [0.4, 0.5) is 5.69 Å². The lowest BCUT2D eigenvalue weighted by Crippen LogP contribution is -1.90. The molecule has 3 heteroatoms. The second kappa shape index (κ2) is 4.82. The van der Waals surface area contributed by atoms with Crippen molar-refractivity contribution >= 4 is 24.4 Å². The van der Waals surface area contributed by atoms with Gasteiger partial charge in [0.1, 0.15) is 5.75 Å². The maximum Gasteiger partial charge on any atom is 0.119 e. The van der Waals surface area contributed by atoms with Crippen molar-refractivity contribution in [2.75, 3.05) is 18.6 Å². The lowest BCUT2D eigenvalue weighted by atomic mass is 10.1. The molecule has 0 saturated carbocycles. The first-order chi connectivity index (χ1) is 6.27. The Labute approximate surface area is 83.8 Å². The van der Waals surface area contributed by atoms with E-state index in [9.17, 15) is 0 Å². The van der Waals surface area contributed by atoms with E-state index in [1.165, 1.54) is 0 Å². The number of thiol groups is 1. The van der Waals surface area contributed by atoms with Gasteiger partial charge in [0.25, 0.3) is 0 Å². The summed E-state index contributed by atoms with van der Waals surface area (Å²) in [5.41, 5.74) is 7.47. The van der Waals surface area contributed by atoms with Gasteiger partial charge < -0.3 is 10.5 Å². The van der Waals surface area contributed by atoms with Crippen molar-refractivity contribution in [3.8, 4) is 5.75 Å². The lowest BCUT2D eigenvalue weighted by Gasteiger charge is -2.03. The SMILES string of the molecule is COc1ccc(N)c(C=CCS)c1. The fraction of sp³-hybridized carbons (Fsp3) is 0.200. The zero-order valence-corrected chi connectivity index (χ0v) is 8.42. The van der Waals surface area contributed by atoms with Crippen LogP contribution in [0.1, 0.15) is 5.56 Å². The third-order valence-corrected chi connectivity index (χ3v) is 1.91. The average Bonchev–Trinajstić information content (AvgIpc) is 2.17. The van der Waals surface area contributed by atoms with Crippen LogP contribution in [0.15, 0.2) is 24.3 Å². The van der Waals surface area contributed by atoms with Gasteiger partial charge in [-0.05, 0) is 18.2 Å². The predicted molar refractivity (Wildman–Crippen MR) is 60.3 cm³/mol. The second-order valence-corrected chi connectivity index (χ2v) is 2.94. The van der Waals surface area contributed by atoms with Crippen molar-refractivity contribution < 1.29 is 4.74 Å². The molecule has 0 heterocycles. The summed E-state index contributed by atoms with van der Waals surface area (Å²) in [4.78, 5) is 0. The van der Waals surface area contributed by atoms with Crippen LogP contribution >= 0.6 is 12.6 Å². The first-order valence-electron chi connectivity index (χ1n) is 3.99. The van der Waals surface area contributed by atoms with Crippen molar-refractivity contribution in [1.82, 2.24) is 0 Å². The van der Waals surface area contributed by atoms with Gasteiger partial charge in [-0.2, -0.15) is 12.6 Å². The third kappa shape index (κ3) is 2.70. The second-order valence-electron chi connectivity index (χ2n) is 2.58. The third-order valence-electron chi connectivity index (χ3n) is 1.70. The number of hydrogen-bond donors (Lipinski definition) is 2. The molecule has 2 nitrogen and oxygen atoms in total. The van der Waals surface area contributed by atoms with Crippen molar-refractivity contribution in [1.29, 1.82) is 0 Å². The summed E-state index contributed by atoms with van der Waals surface area (Å²) in [6, 6.07) is 5.57. The van der Waals surface area contributed by atoms with Gasteiger partial charge in [-0.1, -0.05) is 12.2 Å². The quantitative estimate of drug-likeness (QED) is 0.573. The highest BCUT2D eigenvalue weighted by molar-refractivity contribution is 7.80. The molecule has 13 heavy (non-hydrogen) atoms. The van der Waals surface area contributed by atoms with Gasteiger partial charge >= 0.3 is 0 Å².